The van der Waals surface area contributed by atoms with Gasteiger partial charge in [-0.15, -0.1) is 0 Å². The van der Waals surface area contributed by atoms with Crippen LogP contribution in [0.1, 0.15) is 44.7 Å². The lowest BCUT2D eigenvalue weighted by Gasteiger charge is -2.34. The Morgan fingerprint density at radius 1 is 1.43 bits per heavy atom. The molecule has 1 aliphatic rings. The van der Waals surface area contributed by atoms with Gasteiger partial charge in [-0.2, -0.15) is 0 Å². The van der Waals surface area contributed by atoms with Crippen LogP contribution in [0.2, 0.25) is 0 Å². The predicted octanol–water partition coefficient (Wildman–Crippen LogP) is 2.65. The van der Waals surface area contributed by atoms with Gasteiger partial charge >= 0.3 is 0 Å². The van der Waals surface area contributed by atoms with E-state index < -0.39 is 0 Å². The maximum atomic E-state index is 12.6. The Kier molecular flexibility index (Phi) is 5.23. The molecule has 0 aromatic heterocycles. The van der Waals surface area contributed by atoms with E-state index in [1.54, 1.807) is 7.11 Å². The fourth-order valence-corrected chi connectivity index (χ4v) is 2.84. The number of amides is 1. The van der Waals surface area contributed by atoms with E-state index in [2.05, 4.69) is 24.5 Å². The topological polar surface area (TPSA) is 50.4 Å². The summed E-state index contributed by atoms with van der Waals surface area (Å²) < 4.78 is 5.18. The molecule has 2 N–H and O–H groups in total. The largest absolute Gasteiger partial charge is 0.497 e. The number of hydrogen-bond donors (Lipinski definition) is 2. The number of hydrogen-bond acceptors (Lipinski definition) is 3. The number of piperidine rings is 1. The first kappa shape index (κ1) is 15.8. The van der Waals surface area contributed by atoms with Crippen molar-refractivity contribution < 1.29 is 9.53 Å². The highest BCUT2D eigenvalue weighted by molar-refractivity contribution is 5.83. The minimum Gasteiger partial charge on any atom is -0.497 e. The maximum absolute atomic E-state index is 12.6. The summed E-state index contributed by atoms with van der Waals surface area (Å²) in [7, 11) is 1.66. The van der Waals surface area contributed by atoms with Crippen LogP contribution in [0.5, 0.6) is 5.75 Å². The highest BCUT2D eigenvalue weighted by Gasteiger charge is 2.35. The van der Waals surface area contributed by atoms with Gasteiger partial charge in [0.05, 0.1) is 18.6 Å². The van der Waals surface area contributed by atoms with Gasteiger partial charge < -0.3 is 15.4 Å². The van der Waals surface area contributed by atoms with E-state index in [1.165, 1.54) is 0 Å². The van der Waals surface area contributed by atoms with E-state index in [-0.39, 0.29) is 17.4 Å². The van der Waals surface area contributed by atoms with Gasteiger partial charge in [0.1, 0.15) is 5.75 Å². The molecule has 0 bridgehead atoms. The van der Waals surface area contributed by atoms with Gasteiger partial charge in [-0.05, 0) is 50.4 Å². The molecular formula is C17H26N2O2. The Morgan fingerprint density at radius 3 is 2.67 bits per heavy atom. The second kappa shape index (κ2) is 6.94. The Morgan fingerprint density at radius 2 is 2.14 bits per heavy atom. The molecule has 1 fully saturated rings. The van der Waals surface area contributed by atoms with Gasteiger partial charge in [-0.25, -0.2) is 0 Å². The van der Waals surface area contributed by atoms with Crippen LogP contribution >= 0.6 is 0 Å². The fraction of sp³-hybridized carbons (Fsp3) is 0.588. The molecule has 0 spiro atoms. The van der Waals surface area contributed by atoms with Crippen molar-refractivity contribution in [2.45, 2.75) is 39.2 Å². The summed E-state index contributed by atoms with van der Waals surface area (Å²) in [5, 5.41) is 6.54. The van der Waals surface area contributed by atoms with Crippen molar-refractivity contribution in [2.75, 3.05) is 20.2 Å². The lowest BCUT2D eigenvalue weighted by Crippen LogP contribution is -2.49. The van der Waals surface area contributed by atoms with Gasteiger partial charge in [0.2, 0.25) is 5.91 Å². The first-order valence-electron chi connectivity index (χ1n) is 7.74. The molecule has 1 amide bonds. The first-order chi connectivity index (χ1) is 10.1. The Balaban J connectivity index is 2.05. The zero-order valence-corrected chi connectivity index (χ0v) is 13.2. The van der Waals surface area contributed by atoms with Gasteiger partial charge in [0.25, 0.3) is 0 Å². The molecule has 4 heteroatoms. The van der Waals surface area contributed by atoms with Crippen molar-refractivity contribution in [3.05, 3.63) is 29.8 Å². The maximum Gasteiger partial charge on any atom is 0.227 e. The molecule has 4 nitrogen and oxygen atoms in total. The molecule has 2 rings (SSSR count). The number of carbonyl (C=O) groups is 1. The number of ether oxygens (including phenoxy) is 1. The van der Waals surface area contributed by atoms with E-state index in [0.717, 1.165) is 43.7 Å². The normalized spacial score (nSPS) is 23.4. The van der Waals surface area contributed by atoms with Crippen molar-refractivity contribution in [1.29, 1.82) is 0 Å². The quantitative estimate of drug-likeness (QED) is 0.876. The summed E-state index contributed by atoms with van der Waals surface area (Å²) in [4.78, 5) is 12.6. The molecule has 1 heterocycles. The molecule has 0 radical (unpaired) electrons. The van der Waals surface area contributed by atoms with E-state index >= 15 is 0 Å². The molecule has 116 valence electrons. The molecule has 0 saturated carbocycles. The molecule has 1 aromatic carbocycles. The van der Waals surface area contributed by atoms with Crippen molar-refractivity contribution in [3.8, 4) is 5.75 Å². The van der Waals surface area contributed by atoms with Crippen LogP contribution in [-0.4, -0.2) is 26.1 Å². The summed E-state index contributed by atoms with van der Waals surface area (Å²) in [5.41, 5.74) is 0.831. The molecule has 0 aliphatic carbocycles. The van der Waals surface area contributed by atoms with Crippen molar-refractivity contribution in [1.82, 2.24) is 10.6 Å². The smallest absolute Gasteiger partial charge is 0.227 e. The van der Waals surface area contributed by atoms with Crippen LogP contribution < -0.4 is 15.4 Å². The number of methoxy groups -OCH3 is 1. The molecule has 1 aliphatic heterocycles. The van der Waals surface area contributed by atoms with Crippen LogP contribution in [-0.2, 0) is 4.79 Å². The standard InChI is InChI=1S/C17H26N2O2/c1-4-15(13-6-8-14(21-3)9-7-13)19-16(20)17(2)10-5-11-18-12-17/h6-9,15,18H,4-5,10-12H2,1-3H3,(H,19,20). The average Bonchev–Trinajstić information content (AvgIpc) is 2.53. The third-order valence-corrected chi connectivity index (χ3v) is 4.38. The lowest BCUT2D eigenvalue weighted by atomic mass is 9.81. The molecule has 1 aromatic rings. The Bertz CT molecular complexity index is 464. The summed E-state index contributed by atoms with van der Waals surface area (Å²) in [5.74, 6) is 0.987. The first-order valence-corrected chi connectivity index (χ1v) is 7.74. The van der Waals surface area contributed by atoms with Crippen molar-refractivity contribution in [2.24, 2.45) is 5.41 Å². The highest BCUT2D eigenvalue weighted by Crippen LogP contribution is 2.28. The molecule has 2 atom stereocenters. The minimum absolute atomic E-state index is 0.0576. The molecular weight excluding hydrogens is 264 g/mol. The van der Waals surface area contributed by atoms with Crippen molar-refractivity contribution >= 4 is 5.91 Å². The third kappa shape index (κ3) is 3.76. The highest BCUT2D eigenvalue weighted by atomic mass is 16.5. The van der Waals surface area contributed by atoms with Gasteiger partial charge in [0.15, 0.2) is 0 Å². The van der Waals surface area contributed by atoms with Crippen molar-refractivity contribution in [3.63, 3.8) is 0 Å². The van der Waals surface area contributed by atoms with Crippen LogP contribution in [0.4, 0.5) is 0 Å². The zero-order chi connectivity index (χ0) is 15.3. The van der Waals surface area contributed by atoms with Crippen LogP contribution in [0.25, 0.3) is 0 Å². The summed E-state index contributed by atoms with van der Waals surface area (Å²) in [6.07, 6.45) is 2.88. The van der Waals surface area contributed by atoms with Gasteiger partial charge in [0, 0.05) is 6.54 Å². The van der Waals surface area contributed by atoms with Crippen LogP contribution in [0.3, 0.4) is 0 Å². The second-order valence-corrected chi connectivity index (χ2v) is 6.05. The average molecular weight is 290 g/mol. The SMILES string of the molecule is CCC(NC(=O)C1(C)CCCNC1)c1ccc(OC)cc1. The summed E-state index contributed by atoms with van der Waals surface area (Å²) in [6.45, 7) is 5.92. The minimum atomic E-state index is -0.294. The predicted molar refractivity (Wildman–Crippen MR) is 84.4 cm³/mol. The van der Waals surface area contributed by atoms with E-state index in [1.807, 2.05) is 24.3 Å². The van der Waals surface area contributed by atoms with Crippen LogP contribution in [0, 0.1) is 5.41 Å². The van der Waals surface area contributed by atoms with Gasteiger partial charge in [-0.1, -0.05) is 19.1 Å². The lowest BCUT2D eigenvalue weighted by molar-refractivity contribution is -0.131. The molecule has 2 unspecified atom stereocenters. The summed E-state index contributed by atoms with van der Waals surface area (Å²) >= 11 is 0. The van der Waals surface area contributed by atoms with E-state index in [0.29, 0.717) is 0 Å². The van der Waals surface area contributed by atoms with E-state index in [4.69, 9.17) is 4.74 Å². The third-order valence-electron chi connectivity index (χ3n) is 4.38. The molecule has 21 heavy (non-hydrogen) atoms. The number of benzene rings is 1. The van der Waals surface area contributed by atoms with Crippen LogP contribution in [0.15, 0.2) is 24.3 Å². The monoisotopic (exact) mass is 290 g/mol. The molecule has 1 saturated heterocycles. The van der Waals surface area contributed by atoms with E-state index in [9.17, 15) is 4.79 Å². The number of carbonyl (C=O) groups excluding carboxylic acids is 1. The Labute approximate surface area is 127 Å². The Hall–Kier alpha value is -1.55. The number of nitrogens with one attached hydrogen (secondary N) is 2. The summed E-state index contributed by atoms with van der Waals surface area (Å²) in [6, 6.07) is 7.98. The zero-order valence-electron chi connectivity index (χ0n) is 13.2. The van der Waals surface area contributed by atoms with Gasteiger partial charge in [-0.3, -0.25) is 4.79 Å². The fourth-order valence-electron chi connectivity index (χ4n) is 2.84. The second-order valence-electron chi connectivity index (χ2n) is 6.05. The number of rotatable bonds is 5.